The van der Waals surface area contributed by atoms with Crippen molar-refractivity contribution in [2.45, 2.75) is 53.5 Å². The molecule has 0 aliphatic heterocycles. The van der Waals surface area contributed by atoms with Crippen LogP contribution >= 0.6 is 0 Å². The number of aliphatic imine (C=N–C) groups is 1. The Morgan fingerprint density at radius 3 is 2.70 bits per heavy atom. The van der Waals surface area contributed by atoms with E-state index < -0.39 is 0 Å². The van der Waals surface area contributed by atoms with Crippen LogP contribution in [0.5, 0.6) is 0 Å². The Morgan fingerprint density at radius 1 is 1.27 bits per heavy atom. The standard InChI is InChI=1S/C30H45N5O2/c1-8-18-35(19-17-23(2)31)27-14-10-13-26-15-16-28(33-29(26)27)34(7)22-32-24(3)11-9-12-25(4)37-21-30(5,6)20-36/h9-16,22-23,36H,4,8,17-21,31H2,1-3,5-7H3/b12-9-,24-11+,32-22?. The summed E-state index contributed by atoms with van der Waals surface area (Å²) >= 11 is 0. The van der Waals surface area contributed by atoms with Crippen LogP contribution in [0.1, 0.15) is 47.5 Å². The summed E-state index contributed by atoms with van der Waals surface area (Å²) in [6.07, 6.45) is 9.29. The molecule has 1 unspecified atom stereocenters. The quantitative estimate of drug-likeness (QED) is 0.140. The van der Waals surface area contributed by atoms with Crippen LogP contribution in [0.2, 0.25) is 0 Å². The van der Waals surface area contributed by atoms with Crippen LogP contribution in [-0.4, -0.2) is 55.8 Å². The number of allylic oxidation sites excluding steroid dienone is 4. The molecule has 0 spiro atoms. The van der Waals surface area contributed by atoms with E-state index in [4.69, 9.17) is 15.5 Å². The number of hydrogen-bond acceptors (Lipinski definition) is 6. The number of hydrogen-bond donors (Lipinski definition) is 2. The fourth-order valence-electron chi connectivity index (χ4n) is 3.51. The van der Waals surface area contributed by atoms with E-state index in [1.165, 1.54) is 0 Å². The van der Waals surface area contributed by atoms with Crippen LogP contribution in [0, 0.1) is 5.41 Å². The zero-order chi connectivity index (χ0) is 27.4. The number of rotatable bonds is 15. The van der Waals surface area contributed by atoms with E-state index in [0.29, 0.717) is 12.4 Å². The molecule has 37 heavy (non-hydrogen) atoms. The summed E-state index contributed by atoms with van der Waals surface area (Å²) in [6.45, 7) is 16.3. The number of aromatic nitrogens is 1. The van der Waals surface area contributed by atoms with Gasteiger partial charge in [0.25, 0.3) is 0 Å². The molecular formula is C30H45N5O2. The van der Waals surface area contributed by atoms with Gasteiger partial charge < -0.3 is 25.4 Å². The molecule has 1 heterocycles. The normalized spacial score (nSPS) is 13.5. The van der Waals surface area contributed by atoms with Crippen LogP contribution in [-0.2, 0) is 4.74 Å². The Labute approximate surface area is 223 Å². The molecule has 0 radical (unpaired) electrons. The summed E-state index contributed by atoms with van der Waals surface area (Å²) in [4.78, 5) is 13.9. The van der Waals surface area contributed by atoms with Crippen LogP contribution in [0.25, 0.3) is 10.9 Å². The lowest BCUT2D eigenvalue weighted by Gasteiger charge is -2.26. The highest BCUT2D eigenvalue weighted by atomic mass is 16.5. The van der Waals surface area contributed by atoms with Gasteiger partial charge in [-0.25, -0.2) is 9.98 Å². The molecule has 0 aliphatic rings. The van der Waals surface area contributed by atoms with Crippen molar-refractivity contribution in [1.82, 2.24) is 4.98 Å². The lowest BCUT2D eigenvalue weighted by atomic mass is 9.97. The molecule has 2 aromatic rings. The smallest absolute Gasteiger partial charge is 0.134 e. The Morgan fingerprint density at radius 2 is 2.03 bits per heavy atom. The highest BCUT2D eigenvalue weighted by Gasteiger charge is 2.17. The third kappa shape index (κ3) is 10.0. The van der Waals surface area contributed by atoms with Crippen molar-refractivity contribution < 1.29 is 9.84 Å². The fourth-order valence-corrected chi connectivity index (χ4v) is 3.51. The minimum atomic E-state index is -0.299. The summed E-state index contributed by atoms with van der Waals surface area (Å²) in [5.74, 6) is 1.37. The first-order chi connectivity index (χ1) is 17.6. The van der Waals surface area contributed by atoms with Gasteiger partial charge in [-0.2, -0.15) is 0 Å². The zero-order valence-corrected chi connectivity index (χ0v) is 23.4. The third-order valence-electron chi connectivity index (χ3n) is 5.86. The molecule has 1 aromatic carbocycles. The number of anilines is 2. The number of nitrogens with zero attached hydrogens (tertiary/aromatic N) is 4. The van der Waals surface area contributed by atoms with E-state index >= 15 is 0 Å². The number of benzene rings is 1. The van der Waals surface area contributed by atoms with Crippen molar-refractivity contribution in [2.75, 3.05) is 43.2 Å². The predicted molar refractivity (Wildman–Crippen MR) is 158 cm³/mol. The Hall–Kier alpha value is -3.16. The average Bonchev–Trinajstić information content (AvgIpc) is 2.87. The first-order valence-corrected chi connectivity index (χ1v) is 13.0. The molecule has 0 bridgehead atoms. The topological polar surface area (TPSA) is 87.2 Å². The van der Waals surface area contributed by atoms with Gasteiger partial charge in [-0.3, -0.25) is 0 Å². The first-order valence-electron chi connectivity index (χ1n) is 13.0. The van der Waals surface area contributed by atoms with Crippen molar-refractivity contribution >= 4 is 28.7 Å². The van der Waals surface area contributed by atoms with Gasteiger partial charge in [0.05, 0.1) is 30.8 Å². The predicted octanol–water partition coefficient (Wildman–Crippen LogP) is 5.66. The van der Waals surface area contributed by atoms with Gasteiger partial charge in [0.2, 0.25) is 0 Å². The summed E-state index contributed by atoms with van der Waals surface area (Å²) in [6, 6.07) is 10.6. The Bertz CT molecular complexity index is 1100. The molecule has 7 heteroatoms. The van der Waals surface area contributed by atoms with E-state index in [9.17, 15) is 5.11 Å². The molecule has 3 N–H and O–H groups in total. The number of ether oxygens (including phenoxy) is 1. The minimum Gasteiger partial charge on any atom is -0.494 e. The first kappa shape index (κ1) is 30.1. The highest BCUT2D eigenvalue weighted by Crippen LogP contribution is 2.28. The molecule has 2 rings (SSSR count). The molecule has 0 fully saturated rings. The number of aliphatic hydroxyl groups is 1. The van der Waals surface area contributed by atoms with Crippen molar-refractivity contribution in [3.63, 3.8) is 0 Å². The SMILES string of the molecule is C=C(/C=C\C=C(/C)N=CN(C)c1ccc2cccc(N(CCC)CCC(C)N)c2n1)OCC(C)(C)CO. The monoisotopic (exact) mass is 507 g/mol. The Balaban J connectivity index is 2.13. The maximum absolute atomic E-state index is 9.33. The minimum absolute atomic E-state index is 0.0587. The second-order valence-electron chi connectivity index (χ2n) is 10.4. The molecule has 202 valence electrons. The molecule has 0 saturated heterocycles. The third-order valence-corrected chi connectivity index (χ3v) is 5.86. The van der Waals surface area contributed by atoms with Crippen molar-refractivity contribution in [2.24, 2.45) is 16.1 Å². The zero-order valence-electron chi connectivity index (χ0n) is 23.4. The van der Waals surface area contributed by atoms with Crippen molar-refractivity contribution in [3.8, 4) is 0 Å². The summed E-state index contributed by atoms with van der Waals surface area (Å²) in [5.41, 5.74) is 8.69. The maximum atomic E-state index is 9.33. The van der Waals surface area contributed by atoms with E-state index in [1.54, 1.807) is 12.4 Å². The van der Waals surface area contributed by atoms with E-state index in [-0.39, 0.29) is 18.1 Å². The van der Waals surface area contributed by atoms with Crippen LogP contribution in [0.3, 0.4) is 0 Å². The number of nitrogens with two attached hydrogens (primary N) is 1. The van der Waals surface area contributed by atoms with Gasteiger partial charge in [-0.15, -0.1) is 0 Å². The second-order valence-corrected chi connectivity index (χ2v) is 10.4. The molecular weight excluding hydrogens is 462 g/mol. The van der Waals surface area contributed by atoms with Gasteiger partial charge in [-0.1, -0.05) is 45.6 Å². The Kier molecular flexibility index (Phi) is 11.8. The van der Waals surface area contributed by atoms with E-state index in [1.807, 2.05) is 57.9 Å². The van der Waals surface area contributed by atoms with E-state index in [2.05, 4.69) is 47.7 Å². The van der Waals surface area contributed by atoms with E-state index in [0.717, 1.165) is 54.0 Å². The average molecular weight is 508 g/mol. The van der Waals surface area contributed by atoms with Crippen molar-refractivity contribution in [1.29, 1.82) is 0 Å². The number of aliphatic hydroxyl groups excluding tert-OH is 1. The molecule has 1 aromatic heterocycles. The van der Waals surface area contributed by atoms with Gasteiger partial charge in [0.1, 0.15) is 11.6 Å². The summed E-state index contributed by atoms with van der Waals surface area (Å²) < 4.78 is 5.60. The number of fused-ring (bicyclic) bond motifs is 1. The molecule has 0 amide bonds. The van der Waals surface area contributed by atoms with Crippen molar-refractivity contribution in [3.05, 3.63) is 66.6 Å². The van der Waals surface area contributed by atoms with Gasteiger partial charge in [-0.05, 0) is 57.0 Å². The molecule has 7 nitrogen and oxygen atoms in total. The van der Waals surface area contributed by atoms with Gasteiger partial charge in [0.15, 0.2) is 0 Å². The van der Waals surface area contributed by atoms with Crippen LogP contribution < -0.4 is 15.5 Å². The number of pyridine rings is 1. The van der Waals surface area contributed by atoms with Crippen LogP contribution in [0.4, 0.5) is 11.5 Å². The molecule has 0 saturated carbocycles. The second kappa shape index (κ2) is 14.5. The summed E-state index contributed by atoms with van der Waals surface area (Å²) in [5, 5.41) is 10.4. The molecule has 0 aliphatic carbocycles. The number of para-hydroxylation sites is 1. The maximum Gasteiger partial charge on any atom is 0.134 e. The van der Waals surface area contributed by atoms with Gasteiger partial charge >= 0.3 is 0 Å². The lowest BCUT2D eigenvalue weighted by Crippen LogP contribution is -2.30. The summed E-state index contributed by atoms with van der Waals surface area (Å²) in [7, 11) is 1.95. The van der Waals surface area contributed by atoms with Gasteiger partial charge in [0, 0.05) is 42.7 Å². The largest absolute Gasteiger partial charge is 0.494 e. The van der Waals surface area contributed by atoms with Crippen LogP contribution in [0.15, 0.2) is 71.6 Å². The fraction of sp³-hybridized carbons (Fsp3) is 0.467. The highest BCUT2D eigenvalue weighted by molar-refractivity contribution is 5.93. The lowest BCUT2D eigenvalue weighted by molar-refractivity contribution is 0.0670. The molecule has 1 atom stereocenters.